The Bertz CT molecular complexity index is 1100. The molecule has 0 atom stereocenters. The van der Waals surface area contributed by atoms with E-state index in [1.807, 2.05) is 6.07 Å². The van der Waals surface area contributed by atoms with Crippen LogP contribution in [0.3, 0.4) is 0 Å². The first-order chi connectivity index (χ1) is 15.3. The van der Waals surface area contributed by atoms with Gasteiger partial charge in [-0.05, 0) is 36.4 Å². The Morgan fingerprint density at radius 3 is 2.75 bits per heavy atom. The summed E-state index contributed by atoms with van der Waals surface area (Å²) < 4.78 is 45.3. The Labute approximate surface area is 186 Å². The fourth-order valence-corrected chi connectivity index (χ4v) is 4.24. The van der Waals surface area contributed by atoms with Crippen LogP contribution in [0.4, 0.5) is 34.5 Å². The molecule has 2 aromatic carbocycles. The number of fused-ring (bicyclic) bond motifs is 1. The molecule has 1 aromatic heterocycles. The maximum atomic E-state index is 13.1. The number of carbonyl (C=O) groups excluding carboxylic acids is 1. The van der Waals surface area contributed by atoms with Crippen molar-refractivity contribution in [2.45, 2.75) is 6.18 Å². The number of rotatable bonds is 5. The number of amides is 2. The molecule has 1 saturated heterocycles. The van der Waals surface area contributed by atoms with Crippen molar-refractivity contribution in [2.75, 3.05) is 55.3 Å². The molecule has 0 spiro atoms. The predicted octanol–water partition coefficient (Wildman–Crippen LogP) is 4.27. The topological polar surface area (TPSA) is 83.7 Å². The molecule has 1 fully saturated rings. The molecule has 3 N–H and O–H groups in total. The van der Waals surface area contributed by atoms with Crippen molar-refractivity contribution in [3.63, 3.8) is 0 Å². The summed E-state index contributed by atoms with van der Waals surface area (Å²) in [5, 5.41) is 3.02. The first-order valence-corrected chi connectivity index (χ1v) is 10.8. The summed E-state index contributed by atoms with van der Waals surface area (Å²) in [6.07, 6.45) is -4.49. The summed E-state index contributed by atoms with van der Waals surface area (Å²) in [5.74, 6) is 0. The molecule has 2 amide bonds. The van der Waals surface area contributed by atoms with Crippen LogP contribution in [0.1, 0.15) is 5.56 Å². The lowest BCUT2D eigenvalue weighted by Crippen LogP contribution is -2.44. The molecule has 4 rings (SSSR count). The summed E-state index contributed by atoms with van der Waals surface area (Å²) >= 11 is 1.31. The fraction of sp³-hybridized carbons (Fsp3) is 0.333. The van der Waals surface area contributed by atoms with Crippen LogP contribution >= 0.6 is 11.3 Å². The molecular weight excluding hydrogens is 443 g/mol. The molecule has 0 radical (unpaired) electrons. The molecule has 7 nitrogen and oxygen atoms in total. The molecule has 2 heterocycles. The second kappa shape index (κ2) is 9.31. The van der Waals surface area contributed by atoms with E-state index in [4.69, 9.17) is 10.5 Å². The number of anilines is 3. The van der Waals surface area contributed by atoms with Crippen molar-refractivity contribution in [3.8, 4) is 0 Å². The van der Waals surface area contributed by atoms with Crippen molar-refractivity contribution < 1.29 is 22.7 Å². The Balaban J connectivity index is 1.57. The monoisotopic (exact) mass is 465 g/mol. The lowest BCUT2D eigenvalue weighted by molar-refractivity contribution is -0.137. The molecule has 1 aliphatic heterocycles. The first-order valence-electron chi connectivity index (χ1n) is 10.0. The van der Waals surface area contributed by atoms with E-state index >= 15 is 0 Å². The first kappa shape index (κ1) is 22.3. The highest BCUT2D eigenvalue weighted by Gasteiger charge is 2.30. The molecule has 0 aliphatic carbocycles. The lowest BCUT2D eigenvalue weighted by atomic mass is 10.2. The highest BCUT2D eigenvalue weighted by Crippen LogP contribution is 2.31. The number of carbonyl (C=O) groups is 1. The van der Waals surface area contributed by atoms with Gasteiger partial charge in [-0.15, -0.1) is 0 Å². The van der Waals surface area contributed by atoms with Gasteiger partial charge >= 0.3 is 12.2 Å². The maximum absolute atomic E-state index is 13.1. The van der Waals surface area contributed by atoms with Crippen LogP contribution in [0.2, 0.25) is 0 Å². The van der Waals surface area contributed by atoms with E-state index in [0.717, 1.165) is 35.4 Å². The molecule has 1 aliphatic rings. The van der Waals surface area contributed by atoms with E-state index in [9.17, 15) is 18.0 Å². The minimum absolute atomic E-state index is 0.0734. The summed E-state index contributed by atoms with van der Waals surface area (Å²) in [6.45, 7) is 3.72. The number of halogens is 3. The van der Waals surface area contributed by atoms with Crippen LogP contribution in [0.25, 0.3) is 10.2 Å². The number of hydrogen-bond acceptors (Lipinski definition) is 6. The van der Waals surface area contributed by atoms with Crippen LogP contribution in [-0.4, -0.2) is 55.3 Å². The van der Waals surface area contributed by atoms with Gasteiger partial charge in [0.15, 0.2) is 5.13 Å². The highest BCUT2D eigenvalue weighted by molar-refractivity contribution is 7.22. The van der Waals surface area contributed by atoms with Gasteiger partial charge in [0, 0.05) is 37.6 Å². The van der Waals surface area contributed by atoms with E-state index in [2.05, 4.69) is 15.2 Å². The van der Waals surface area contributed by atoms with Gasteiger partial charge in [0.25, 0.3) is 0 Å². The van der Waals surface area contributed by atoms with Crippen molar-refractivity contribution in [1.82, 2.24) is 9.88 Å². The molecule has 170 valence electrons. The van der Waals surface area contributed by atoms with E-state index in [1.54, 1.807) is 12.1 Å². The number of ether oxygens (including phenoxy) is 1. The van der Waals surface area contributed by atoms with Crippen molar-refractivity contribution in [3.05, 3.63) is 48.0 Å². The Morgan fingerprint density at radius 1 is 1.22 bits per heavy atom. The average molecular weight is 466 g/mol. The Morgan fingerprint density at radius 2 is 2.00 bits per heavy atom. The number of nitrogen functional groups attached to an aromatic ring is 1. The third-order valence-electron chi connectivity index (χ3n) is 5.13. The number of alkyl halides is 3. The van der Waals surface area contributed by atoms with Gasteiger partial charge in [0.1, 0.15) is 0 Å². The zero-order chi connectivity index (χ0) is 22.7. The smallest absolute Gasteiger partial charge is 0.379 e. The molecular formula is C21H22F3N5O2S. The number of morpholine rings is 1. The Kier molecular flexibility index (Phi) is 6.49. The molecule has 0 saturated carbocycles. The van der Waals surface area contributed by atoms with E-state index in [1.165, 1.54) is 28.4 Å². The number of thiazole rings is 1. The zero-order valence-electron chi connectivity index (χ0n) is 17.1. The number of urea groups is 1. The van der Waals surface area contributed by atoms with Crippen LogP contribution in [0.5, 0.6) is 0 Å². The predicted molar refractivity (Wildman–Crippen MR) is 119 cm³/mol. The fourth-order valence-electron chi connectivity index (χ4n) is 3.48. The molecule has 3 aromatic rings. The maximum Gasteiger partial charge on any atom is 0.416 e. The van der Waals surface area contributed by atoms with E-state index in [-0.39, 0.29) is 5.69 Å². The minimum atomic E-state index is -4.49. The largest absolute Gasteiger partial charge is 0.416 e. The third-order valence-corrected chi connectivity index (χ3v) is 5.98. The van der Waals surface area contributed by atoms with Crippen LogP contribution in [0.15, 0.2) is 42.5 Å². The normalized spacial score (nSPS) is 15.1. The molecule has 0 unspecified atom stereocenters. The second-order valence-corrected chi connectivity index (χ2v) is 8.38. The van der Waals surface area contributed by atoms with Gasteiger partial charge in [-0.3, -0.25) is 9.80 Å². The van der Waals surface area contributed by atoms with Crippen molar-refractivity contribution in [2.24, 2.45) is 0 Å². The van der Waals surface area contributed by atoms with Crippen LogP contribution in [0, 0.1) is 0 Å². The number of benzene rings is 2. The highest BCUT2D eigenvalue weighted by atomic mass is 32.1. The molecule has 0 bridgehead atoms. The van der Waals surface area contributed by atoms with Crippen molar-refractivity contribution in [1.29, 1.82) is 0 Å². The SMILES string of the molecule is Nc1nc2ccc(N(CCN3CCOCC3)C(=O)Nc3cccc(C(F)(F)F)c3)cc2s1. The summed E-state index contributed by atoms with van der Waals surface area (Å²) in [7, 11) is 0. The number of nitrogens with zero attached hydrogens (tertiary/aromatic N) is 3. The van der Waals surface area contributed by atoms with Gasteiger partial charge in [-0.2, -0.15) is 13.2 Å². The van der Waals surface area contributed by atoms with Crippen LogP contribution in [-0.2, 0) is 10.9 Å². The standard InChI is InChI=1S/C21H22F3N5O2S/c22-21(23,24)14-2-1-3-15(12-14)26-20(30)29(7-6-28-8-10-31-11-9-28)16-4-5-17-18(13-16)32-19(25)27-17/h1-5,12-13H,6-11H2,(H2,25,27)(H,26,30). The van der Waals surface area contributed by atoms with Gasteiger partial charge in [-0.1, -0.05) is 17.4 Å². The van der Waals surface area contributed by atoms with E-state index in [0.29, 0.717) is 37.1 Å². The van der Waals surface area contributed by atoms with E-state index < -0.39 is 17.8 Å². The number of nitrogens with two attached hydrogens (primary N) is 1. The summed E-state index contributed by atoms with van der Waals surface area (Å²) in [6, 6.07) is 9.41. The second-order valence-electron chi connectivity index (χ2n) is 7.32. The number of nitrogens with one attached hydrogen (secondary N) is 1. The van der Waals surface area contributed by atoms with Crippen molar-refractivity contribution >= 4 is 44.1 Å². The number of hydrogen-bond donors (Lipinski definition) is 2. The lowest BCUT2D eigenvalue weighted by Gasteiger charge is -2.30. The van der Waals surface area contributed by atoms with Crippen LogP contribution < -0.4 is 16.0 Å². The van der Waals surface area contributed by atoms with Gasteiger partial charge in [0.05, 0.1) is 29.0 Å². The molecule has 32 heavy (non-hydrogen) atoms. The Hall–Kier alpha value is -2.89. The summed E-state index contributed by atoms with van der Waals surface area (Å²) in [5.41, 5.74) is 6.37. The van der Waals surface area contributed by atoms with Gasteiger partial charge < -0.3 is 15.8 Å². The van der Waals surface area contributed by atoms with Gasteiger partial charge in [-0.25, -0.2) is 9.78 Å². The molecule has 11 heteroatoms. The third kappa shape index (κ3) is 5.29. The number of aromatic nitrogens is 1. The quantitative estimate of drug-likeness (QED) is 0.588. The summed E-state index contributed by atoms with van der Waals surface area (Å²) in [4.78, 5) is 21.1. The minimum Gasteiger partial charge on any atom is -0.379 e. The average Bonchev–Trinajstić information content (AvgIpc) is 3.13. The van der Waals surface area contributed by atoms with Gasteiger partial charge in [0.2, 0.25) is 0 Å². The zero-order valence-corrected chi connectivity index (χ0v) is 17.9.